The third-order valence-electron chi connectivity index (χ3n) is 7.67. The Hall–Kier alpha value is -1.42. The minimum atomic E-state index is -0.120. The molecule has 3 nitrogen and oxygen atoms in total. The Balaban J connectivity index is 0.000000465. The van der Waals surface area contributed by atoms with Crippen molar-refractivity contribution in [1.82, 2.24) is 4.90 Å². The summed E-state index contributed by atoms with van der Waals surface area (Å²) in [6.07, 6.45) is 11.4. The van der Waals surface area contributed by atoms with Crippen LogP contribution in [0.15, 0.2) is 35.8 Å². The zero-order chi connectivity index (χ0) is 24.0. The minimum absolute atomic E-state index is 0.0134. The van der Waals surface area contributed by atoms with Gasteiger partial charge in [0.15, 0.2) is 5.78 Å². The van der Waals surface area contributed by atoms with Crippen molar-refractivity contribution in [3.05, 3.63) is 35.8 Å². The zero-order valence-corrected chi connectivity index (χ0v) is 21.3. The van der Waals surface area contributed by atoms with Gasteiger partial charge in [-0.1, -0.05) is 53.7 Å². The Morgan fingerprint density at radius 2 is 1.81 bits per heavy atom. The van der Waals surface area contributed by atoms with E-state index in [2.05, 4.69) is 31.9 Å². The van der Waals surface area contributed by atoms with Crippen molar-refractivity contribution in [2.24, 2.45) is 28.6 Å². The van der Waals surface area contributed by atoms with Gasteiger partial charge >= 0.3 is 0 Å². The van der Waals surface area contributed by atoms with Gasteiger partial charge in [0.05, 0.1) is 11.9 Å². The average Bonchev–Trinajstić information content (AvgIpc) is 3.07. The molecule has 3 unspecified atom stereocenters. The fourth-order valence-electron chi connectivity index (χ4n) is 6.24. The molecule has 6 atom stereocenters. The summed E-state index contributed by atoms with van der Waals surface area (Å²) in [5.74, 6) is 1.84. The smallest absolute Gasteiger partial charge is 0.180 e. The second-order valence-corrected chi connectivity index (χ2v) is 9.47. The topological polar surface area (TPSA) is 40.5 Å². The fourth-order valence-corrected chi connectivity index (χ4v) is 6.24. The van der Waals surface area contributed by atoms with Crippen LogP contribution in [-0.2, 0) is 4.79 Å². The summed E-state index contributed by atoms with van der Waals surface area (Å²) >= 11 is 0. The van der Waals surface area contributed by atoms with Crippen LogP contribution >= 0.6 is 0 Å². The van der Waals surface area contributed by atoms with Crippen LogP contribution in [0.2, 0.25) is 0 Å². The van der Waals surface area contributed by atoms with Gasteiger partial charge in [-0.3, -0.25) is 4.79 Å². The number of aliphatic hydroxyl groups excluding tert-OH is 1. The molecule has 0 aromatic heterocycles. The molecule has 3 fully saturated rings. The molecule has 1 N–H and O–H groups in total. The zero-order valence-electron chi connectivity index (χ0n) is 21.3. The van der Waals surface area contributed by atoms with E-state index in [4.69, 9.17) is 0 Å². The van der Waals surface area contributed by atoms with Gasteiger partial charge in [0.1, 0.15) is 0 Å². The highest BCUT2D eigenvalue weighted by molar-refractivity contribution is 6.01. The lowest BCUT2D eigenvalue weighted by atomic mass is 9.51. The molecule has 31 heavy (non-hydrogen) atoms. The maximum Gasteiger partial charge on any atom is 0.180 e. The van der Waals surface area contributed by atoms with Crippen molar-refractivity contribution in [3.8, 4) is 0 Å². The molecule has 0 amide bonds. The van der Waals surface area contributed by atoms with Crippen LogP contribution in [0.5, 0.6) is 0 Å². The van der Waals surface area contributed by atoms with Gasteiger partial charge in [0.25, 0.3) is 0 Å². The lowest BCUT2D eigenvalue weighted by Gasteiger charge is -2.58. The van der Waals surface area contributed by atoms with Gasteiger partial charge in [0, 0.05) is 30.8 Å². The molecule has 0 aromatic carbocycles. The van der Waals surface area contributed by atoms with Gasteiger partial charge in [-0.05, 0) is 68.8 Å². The molecule has 3 aliphatic carbocycles. The molecule has 0 radical (unpaired) electrons. The first-order valence-corrected chi connectivity index (χ1v) is 12.2. The van der Waals surface area contributed by atoms with Gasteiger partial charge < -0.3 is 10.0 Å². The predicted octanol–water partition coefficient (Wildman–Crippen LogP) is 6.70. The van der Waals surface area contributed by atoms with Crippen LogP contribution in [-0.4, -0.2) is 35.5 Å². The Morgan fingerprint density at radius 3 is 2.35 bits per heavy atom. The van der Waals surface area contributed by atoms with Crippen molar-refractivity contribution in [1.29, 1.82) is 0 Å². The number of hydrogen-bond donors (Lipinski definition) is 1. The molecule has 2 saturated carbocycles. The summed E-state index contributed by atoms with van der Waals surface area (Å²) in [6.45, 7) is 16.8. The van der Waals surface area contributed by atoms with E-state index in [-0.39, 0.29) is 23.1 Å². The van der Waals surface area contributed by atoms with Gasteiger partial charge in [-0.25, -0.2) is 4.39 Å². The molecule has 4 rings (SSSR count). The van der Waals surface area contributed by atoms with Crippen molar-refractivity contribution in [3.63, 3.8) is 0 Å². The Labute approximate surface area is 190 Å². The van der Waals surface area contributed by atoms with E-state index in [0.717, 1.165) is 19.4 Å². The summed E-state index contributed by atoms with van der Waals surface area (Å²) < 4.78 is 11.3. The first-order valence-electron chi connectivity index (χ1n) is 12.2. The molecule has 1 aliphatic heterocycles. The molecule has 0 aromatic rings. The van der Waals surface area contributed by atoms with Crippen molar-refractivity contribution in [2.75, 3.05) is 13.6 Å². The number of carbonyl (C=O) groups is 1. The highest BCUT2D eigenvalue weighted by atomic mass is 19.1. The molecule has 178 valence electrons. The number of piperidine rings is 1. The second kappa shape index (κ2) is 11.4. The van der Waals surface area contributed by atoms with E-state index in [9.17, 15) is 14.3 Å². The summed E-state index contributed by atoms with van der Waals surface area (Å²) in [7, 11) is 2.13. The number of halogens is 1. The molecule has 4 heteroatoms. The van der Waals surface area contributed by atoms with Crippen LogP contribution < -0.4 is 0 Å². The minimum Gasteiger partial charge on any atom is -0.393 e. The van der Waals surface area contributed by atoms with E-state index in [1.165, 1.54) is 31.5 Å². The number of fused-ring (bicyclic) bond motifs is 5. The number of ketones is 1. The van der Waals surface area contributed by atoms with E-state index in [1.807, 2.05) is 33.8 Å². The maximum atomic E-state index is 11.8. The van der Waals surface area contributed by atoms with Crippen molar-refractivity contribution >= 4 is 5.78 Å². The van der Waals surface area contributed by atoms with Crippen LogP contribution in [0.3, 0.4) is 0 Å². The normalized spacial score (nSPS) is 38.0. The van der Waals surface area contributed by atoms with Crippen LogP contribution in [0, 0.1) is 28.6 Å². The number of likely N-dealkylation sites (tertiary alicyclic amines) is 1. The van der Waals surface area contributed by atoms with Crippen LogP contribution in [0.4, 0.5) is 4.39 Å². The van der Waals surface area contributed by atoms with Gasteiger partial charge in [-0.15, -0.1) is 0 Å². The van der Waals surface area contributed by atoms with Crippen LogP contribution in [0.25, 0.3) is 0 Å². The maximum absolute atomic E-state index is 11.8. The van der Waals surface area contributed by atoms with E-state index < -0.39 is 0 Å². The molecular formula is C27H46FNO2. The van der Waals surface area contributed by atoms with Gasteiger partial charge in [0.2, 0.25) is 0 Å². The summed E-state index contributed by atoms with van der Waals surface area (Å²) in [4.78, 5) is 14.1. The number of carbonyl (C=O) groups excluding carboxylic acids is 1. The first kappa shape index (κ1) is 27.6. The summed E-state index contributed by atoms with van der Waals surface area (Å²) in [5, 5.41) is 10.2. The molecule has 1 heterocycles. The molecule has 1 saturated heterocycles. The molecular weight excluding hydrogens is 389 g/mol. The lowest BCUT2D eigenvalue weighted by Crippen LogP contribution is -2.55. The number of hydrogen-bond acceptors (Lipinski definition) is 3. The molecule has 0 bridgehead atoms. The Bertz CT molecular complexity index is 693. The third kappa shape index (κ3) is 5.69. The summed E-state index contributed by atoms with van der Waals surface area (Å²) in [6, 6.07) is 0. The monoisotopic (exact) mass is 435 g/mol. The highest BCUT2D eigenvalue weighted by Gasteiger charge is 2.58. The predicted molar refractivity (Wildman–Crippen MR) is 129 cm³/mol. The quantitative estimate of drug-likeness (QED) is 0.460. The second-order valence-electron chi connectivity index (χ2n) is 9.47. The number of allylic oxidation sites excluding steroid dienone is 5. The van der Waals surface area contributed by atoms with Crippen LogP contribution in [0.1, 0.15) is 81.1 Å². The van der Waals surface area contributed by atoms with Gasteiger partial charge in [-0.2, -0.15) is 0 Å². The fraction of sp³-hybridized carbons (Fsp3) is 0.741. The summed E-state index contributed by atoms with van der Waals surface area (Å²) in [5.41, 5.74) is 1.50. The number of rotatable bonds is 0. The number of nitrogens with zero attached hydrogens (tertiary/aromatic N) is 1. The standard InChI is InChI=1S/C19H27NO2.C4H7F.2C2H6/c1-18-6-5-15-14(16(18)8-13(22)10-18)11-20(3)17-9-12(21)4-7-19(15,17)2;1-3-4(2)5;2*1-2/h4,7,9,13-16,22H,5-6,8,10-11H2,1-3H3;3H,1-2H3;2*1-2H3/b;4-3+;;/t13-,14?,15?,16?,18+,19+;;;/m0.../s1. The van der Waals surface area contributed by atoms with Crippen molar-refractivity contribution < 1.29 is 14.3 Å². The van der Waals surface area contributed by atoms with E-state index in [0.29, 0.717) is 23.2 Å². The third-order valence-corrected chi connectivity index (χ3v) is 7.67. The molecule has 4 aliphatic rings. The lowest BCUT2D eigenvalue weighted by molar-refractivity contribution is -0.111. The SMILES string of the molecule is C/C=C(\C)F.CC.CC.CN1CC2C3C[C@H](O)C[C@@]3(C)CCC2[C@@]2(C)C=CC(=O)C=C12. The number of aliphatic hydroxyl groups is 1. The first-order chi connectivity index (χ1) is 14.6. The molecule has 0 spiro atoms. The largest absolute Gasteiger partial charge is 0.393 e. The highest BCUT2D eigenvalue weighted by Crippen LogP contribution is 2.62. The Kier molecular flexibility index (Phi) is 10.2. The Morgan fingerprint density at radius 1 is 1.23 bits per heavy atom. The van der Waals surface area contributed by atoms with E-state index >= 15 is 0 Å². The van der Waals surface area contributed by atoms with E-state index in [1.54, 1.807) is 13.0 Å². The average molecular weight is 436 g/mol. The van der Waals surface area contributed by atoms with Crippen molar-refractivity contribution in [2.45, 2.75) is 87.2 Å².